The first-order valence-corrected chi connectivity index (χ1v) is 6.76. The lowest BCUT2D eigenvalue weighted by Crippen LogP contribution is -2.26. The van der Waals surface area contributed by atoms with Gasteiger partial charge in [-0.05, 0) is 45.0 Å². The Morgan fingerprint density at radius 2 is 2.05 bits per heavy atom. The third kappa shape index (κ3) is 3.64. The Morgan fingerprint density at radius 3 is 2.59 bits per heavy atom. The molecule has 2 aromatic rings. The molecule has 0 aliphatic carbocycles. The van der Waals surface area contributed by atoms with Crippen LogP contribution in [0.2, 0.25) is 0 Å². The van der Waals surface area contributed by atoms with Gasteiger partial charge in [0.15, 0.2) is 6.10 Å². The zero-order valence-electron chi connectivity index (χ0n) is 12.6. The van der Waals surface area contributed by atoms with E-state index < -0.39 is 12.1 Å². The van der Waals surface area contributed by atoms with E-state index in [2.05, 4.69) is 5.16 Å². The molecule has 0 unspecified atom stereocenters. The van der Waals surface area contributed by atoms with Gasteiger partial charge in [-0.25, -0.2) is 4.79 Å². The van der Waals surface area contributed by atoms with E-state index in [-0.39, 0.29) is 6.61 Å². The summed E-state index contributed by atoms with van der Waals surface area (Å²) in [5.41, 5.74) is 1.99. The monoisotopic (exact) mass is 300 g/mol. The summed E-state index contributed by atoms with van der Waals surface area (Å²) in [6, 6.07) is 8.53. The van der Waals surface area contributed by atoms with Gasteiger partial charge in [0.2, 0.25) is 0 Å². The van der Waals surface area contributed by atoms with E-state index in [1.807, 2.05) is 6.07 Å². The molecule has 1 heterocycles. The van der Waals surface area contributed by atoms with E-state index in [4.69, 9.17) is 19.3 Å². The molecule has 1 atom stereocenters. The highest BCUT2D eigenvalue weighted by atomic mass is 16.6. The predicted molar refractivity (Wildman–Crippen MR) is 77.0 cm³/mol. The van der Waals surface area contributed by atoms with Crippen LogP contribution in [0, 0.1) is 25.2 Å². The molecule has 1 aromatic heterocycles. The number of carbonyl (C=O) groups is 1. The average molecular weight is 300 g/mol. The first kappa shape index (κ1) is 15.6. The molecule has 0 radical (unpaired) electrons. The number of rotatable bonds is 5. The molecule has 0 fully saturated rings. The average Bonchev–Trinajstić information content (AvgIpc) is 2.84. The van der Waals surface area contributed by atoms with Crippen LogP contribution in [0.4, 0.5) is 0 Å². The van der Waals surface area contributed by atoms with Gasteiger partial charge >= 0.3 is 5.97 Å². The van der Waals surface area contributed by atoms with Crippen LogP contribution in [-0.4, -0.2) is 17.2 Å². The minimum atomic E-state index is -0.756. The maximum absolute atomic E-state index is 11.9. The number of carbonyl (C=O) groups excluding carboxylic acids is 1. The number of esters is 1. The van der Waals surface area contributed by atoms with Gasteiger partial charge in [-0.2, -0.15) is 5.26 Å². The number of nitriles is 1. The molecular formula is C16H16N2O4. The van der Waals surface area contributed by atoms with E-state index in [0.717, 1.165) is 5.56 Å². The van der Waals surface area contributed by atoms with Crippen molar-refractivity contribution in [3.05, 3.63) is 46.8 Å². The fraction of sp³-hybridized carbons (Fsp3) is 0.312. The fourth-order valence-corrected chi connectivity index (χ4v) is 1.83. The summed E-state index contributed by atoms with van der Waals surface area (Å²) in [5, 5.41) is 12.5. The Hall–Kier alpha value is -2.81. The molecule has 6 heteroatoms. The second-order valence-corrected chi connectivity index (χ2v) is 4.81. The van der Waals surface area contributed by atoms with Crippen molar-refractivity contribution in [1.29, 1.82) is 5.26 Å². The van der Waals surface area contributed by atoms with Gasteiger partial charge in [0.25, 0.3) is 0 Å². The summed E-state index contributed by atoms with van der Waals surface area (Å²) in [7, 11) is 0. The minimum Gasteiger partial charge on any atom is -0.479 e. The van der Waals surface area contributed by atoms with Gasteiger partial charge in [-0.15, -0.1) is 0 Å². The number of aromatic nitrogens is 1. The summed E-state index contributed by atoms with van der Waals surface area (Å²) in [6.07, 6.45) is -0.756. The van der Waals surface area contributed by atoms with Crippen LogP contribution in [0.5, 0.6) is 5.75 Å². The third-order valence-corrected chi connectivity index (χ3v) is 3.17. The smallest absolute Gasteiger partial charge is 0.347 e. The number of nitrogens with zero attached hydrogens (tertiary/aromatic N) is 2. The van der Waals surface area contributed by atoms with Crippen molar-refractivity contribution in [3.8, 4) is 11.8 Å². The van der Waals surface area contributed by atoms with Crippen LogP contribution >= 0.6 is 0 Å². The van der Waals surface area contributed by atoms with Crippen molar-refractivity contribution in [1.82, 2.24) is 5.16 Å². The zero-order valence-corrected chi connectivity index (χ0v) is 12.6. The zero-order chi connectivity index (χ0) is 16.1. The van der Waals surface area contributed by atoms with Gasteiger partial charge in [0, 0.05) is 0 Å². The Balaban J connectivity index is 1.90. The largest absolute Gasteiger partial charge is 0.479 e. The van der Waals surface area contributed by atoms with Gasteiger partial charge in [-0.3, -0.25) is 0 Å². The molecule has 0 saturated heterocycles. The molecule has 2 rings (SSSR count). The number of hydrogen-bond acceptors (Lipinski definition) is 6. The van der Waals surface area contributed by atoms with Gasteiger partial charge in [0.05, 0.1) is 22.9 Å². The van der Waals surface area contributed by atoms with E-state index >= 15 is 0 Å². The SMILES string of the molecule is Cc1noc(C)c1COC(=O)[C@H](C)Oc1ccc(C#N)cc1. The lowest BCUT2D eigenvalue weighted by molar-refractivity contribution is -0.152. The van der Waals surface area contributed by atoms with Crippen molar-refractivity contribution in [2.45, 2.75) is 33.5 Å². The van der Waals surface area contributed by atoms with Crippen molar-refractivity contribution in [2.75, 3.05) is 0 Å². The first-order chi connectivity index (χ1) is 10.5. The number of benzene rings is 1. The summed E-state index contributed by atoms with van der Waals surface area (Å²) in [5.74, 6) is 0.649. The van der Waals surface area contributed by atoms with Crippen molar-refractivity contribution in [3.63, 3.8) is 0 Å². The molecule has 0 N–H and O–H groups in total. The van der Waals surface area contributed by atoms with Gasteiger partial charge < -0.3 is 14.0 Å². The molecule has 114 valence electrons. The van der Waals surface area contributed by atoms with E-state index in [1.54, 1.807) is 45.0 Å². The number of ether oxygens (including phenoxy) is 2. The Morgan fingerprint density at radius 1 is 1.36 bits per heavy atom. The van der Waals surface area contributed by atoms with Crippen LogP contribution < -0.4 is 4.74 Å². The maximum atomic E-state index is 11.9. The third-order valence-electron chi connectivity index (χ3n) is 3.17. The lowest BCUT2D eigenvalue weighted by atomic mass is 10.2. The van der Waals surface area contributed by atoms with E-state index in [1.165, 1.54) is 0 Å². The molecule has 0 spiro atoms. The second kappa shape index (κ2) is 6.76. The van der Waals surface area contributed by atoms with Crippen LogP contribution in [0.25, 0.3) is 0 Å². The van der Waals surface area contributed by atoms with Crippen LogP contribution in [0.15, 0.2) is 28.8 Å². The number of aryl methyl sites for hydroxylation is 2. The molecule has 1 aromatic carbocycles. The second-order valence-electron chi connectivity index (χ2n) is 4.81. The normalized spacial score (nSPS) is 11.5. The predicted octanol–water partition coefficient (Wildman–Crippen LogP) is 2.67. The highest BCUT2D eigenvalue weighted by Gasteiger charge is 2.18. The quantitative estimate of drug-likeness (QED) is 0.789. The Bertz CT molecular complexity index is 678. The molecule has 0 saturated carbocycles. The highest BCUT2D eigenvalue weighted by molar-refractivity contribution is 5.74. The van der Waals surface area contributed by atoms with Gasteiger partial charge in [0.1, 0.15) is 18.1 Å². The highest BCUT2D eigenvalue weighted by Crippen LogP contribution is 2.16. The Kier molecular flexibility index (Phi) is 4.79. The minimum absolute atomic E-state index is 0.0983. The van der Waals surface area contributed by atoms with Gasteiger partial charge in [-0.1, -0.05) is 5.16 Å². The Labute approximate surface area is 128 Å². The lowest BCUT2D eigenvalue weighted by Gasteiger charge is -2.14. The first-order valence-electron chi connectivity index (χ1n) is 6.76. The summed E-state index contributed by atoms with van der Waals surface area (Å²) >= 11 is 0. The molecule has 0 amide bonds. The van der Waals surface area contributed by atoms with E-state index in [9.17, 15) is 4.79 Å². The van der Waals surface area contributed by atoms with Crippen molar-refractivity contribution >= 4 is 5.97 Å². The summed E-state index contributed by atoms with van der Waals surface area (Å²) in [4.78, 5) is 11.9. The molecular weight excluding hydrogens is 284 g/mol. The molecule has 0 bridgehead atoms. The van der Waals surface area contributed by atoms with E-state index in [0.29, 0.717) is 22.8 Å². The van der Waals surface area contributed by atoms with Crippen molar-refractivity contribution in [2.24, 2.45) is 0 Å². The summed E-state index contributed by atoms with van der Waals surface area (Å²) in [6.45, 7) is 5.26. The van der Waals surface area contributed by atoms with Crippen LogP contribution in [0.1, 0.15) is 29.5 Å². The number of hydrogen-bond donors (Lipinski definition) is 0. The molecule has 6 nitrogen and oxygen atoms in total. The maximum Gasteiger partial charge on any atom is 0.347 e. The standard InChI is InChI=1S/C16H16N2O4/c1-10-15(11(2)22-18-10)9-20-16(19)12(3)21-14-6-4-13(8-17)5-7-14/h4-7,12H,9H2,1-3H3/t12-/m0/s1. The summed E-state index contributed by atoms with van der Waals surface area (Å²) < 4.78 is 15.7. The topological polar surface area (TPSA) is 85.3 Å². The van der Waals surface area contributed by atoms with Crippen LogP contribution in [0.3, 0.4) is 0 Å². The molecule has 22 heavy (non-hydrogen) atoms. The fourth-order valence-electron chi connectivity index (χ4n) is 1.83. The van der Waals surface area contributed by atoms with Crippen molar-refractivity contribution < 1.29 is 18.8 Å². The molecule has 0 aliphatic heterocycles. The van der Waals surface area contributed by atoms with Crippen LogP contribution in [-0.2, 0) is 16.1 Å². The molecule has 0 aliphatic rings.